The Morgan fingerprint density at radius 3 is 2.00 bits per heavy atom. The predicted octanol–water partition coefficient (Wildman–Crippen LogP) is 1.47. The van der Waals surface area contributed by atoms with Crippen LogP contribution in [0.5, 0.6) is 0 Å². The molecule has 0 aliphatic rings. The second-order valence-corrected chi connectivity index (χ2v) is 3.98. The third kappa shape index (κ3) is 4.23. The second-order valence-electron chi connectivity index (χ2n) is 3.98. The molecule has 1 N–H and O–H groups in total. The van der Waals surface area contributed by atoms with Crippen LogP contribution in [0.4, 0.5) is 9.59 Å². The van der Waals surface area contributed by atoms with E-state index in [1.165, 1.54) is 20.8 Å². The smallest absolute Gasteiger partial charge is 0.429 e. The third-order valence-corrected chi connectivity index (χ3v) is 2.35. The number of nitrogens with zero attached hydrogens (tertiary/aromatic N) is 1. The number of nitrogens with one attached hydrogen (secondary N) is 1. The molecule has 0 aromatic rings. The lowest BCUT2D eigenvalue weighted by molar-refractivity contribution is -0.127. The number of carbonyl (C=O) groups is 3. The summed E-state index contributed by atoms with van der Waals surface area (Å²) >= 11 is 0. The Hall–Kier alpha value is -1.79. The first-order valence-electron chi connectivity index (χ1n) is 5.68. The molecule has 0 unspecified atom stereocenters. The van der Waals surface area contributed by atoms with E-state index < -0.39 is 17.7 Å². The van der Waals surface area contributed by atoms with E-state index in [9.17, 15) is 14.4 Å². The number of ketones is 1. The minimum Gasteiger partial charge on any atom is -0.449 e. The summed E-state index contributed by atoms with van der Waals surface area (Å²) < 4.78 is 9.45. The molecule has 0 bridgehead atoms. The molecular weight excluding hydrogens is 240 g/mol. The molecule has 0 spiro atoms. The monoisotopic (exact) mass is 260 g/mol. The zero-order valence-electron chi connectivity index (χ0n) is 11.4. The largest absolute Gasteiger partial charge is 0.449 e. The number of Topliss-reactive ketones (excluding diaryl/α,β-unsaturated/α-hetero) is 1. The fraction of sp³-hybridized carbons (Fsp3) is 0.727. The second kappa shape index (κ2) is 6.83. The Balaban J connectivity index is 5.00. The molecule has 0 aromatic carbocycles. The fourth-order valence-corrected chi connectivity index (χ4v) is 1.01. The number of hydrazine groups is 1. The highest BCUT2D eigenvalue weighted by atomic mass is 16.6. The van der Waals surface area contributed by atoms with Crippen LogP contribution in [0, 0.1) is 0 Å². The van der Waals surface area contributed by atoms with E-state index in [-0.39, 0.29) is 19.0 Å². The van der Waals surface area contributed by atoms with Crippen LogP contribution in [-0.4, -0.2) is 41.7 Å². The van der Waals surface area contributed by atoms with Crippen LogP contribution in [0.15, 0.2) is 0 Å². The molecule has 2 amide bonds. The zero-order chi connectivity index (χ0) is 14.3. The number of ether oxygens (including phenoxy) is 2. The number of amides is 2. The first-order chi connectivity index (χ1) is 8.27. The third-order valence-electron chi connectivity index (χ3n) is 2.35. The fourth-order valence-electron chi connectivity index (χ4n) is 1.01. The average molecular weight is 260 g/mol. The van der Waals surface area contributed by atoms with Gasteiger partial charge in [0.1, 0.15) is 5.54 Å². The van der Waals surface area contributed by atoms with Crippen LogP contribution >= 0.6 is 0 Å². The van der Waals surface area contributed by atoms with E-state index >= 15 is 0 Å². The molecule has 18 heavy (non-hydrogen) atoms. The predicted molar refractivity (Wildman–Crippen MR) is 63.8 cm³/mol. The minimum absolute atomic E-state index is 0.133. The van der Waals surface area contributed by atoms with Crippen molar-refractivity contribution < 1.29 is 23.9 Å². The molecule has 7 heteroatoms. The summed E-state index contributed by atoms with van der Waals surface area (Å²) in [6.07, 6.45) is -1.63. The molecule has 7 nitrogen and oxygen atoms in total. The summed E-state index contributed by atoms with van der Waals surface area (Å²) in [7, 11) is 0. The molecule has 104 valence electrons. The number of rotatable bonds is 4. The molecule has 0 aliphatic carbocycles. The van der Waals surface area contributed by atoms with Crippen molar-refractivity contribution in [1.29, 1.82) is 0 Å². The van der Waals surface area contributed by atoms with Crippen LogP contribution in [0.25, 0.3) is 0 Å². The molecule has 0 aliphatic heterocycles. The van der Waals surface area contributed by atoms with Gasteiger partial charge in [0.15, 0.2) is 5.78 Å². The average Bonchev–Trinajstić information content (AvgIpc) is 2.26. The number of hydrogen-bond acceptors (Lipinski definition) is 5. The Bertz CT molecular complexity index is 327. The van der Waals surface area contributed by atoms with Crippen molar-refractivity contribution in [3.05, 3.63) is 0 Å². The molecule has 0 heterocycles. The van der Waals surface area contributed by atoms with Crippen molar-refractivity contribution in [2.24, 2.45) is 0 Å². The van der Waals surface area contributed by atoms with Crippen LogP contribution in [0.1, 0.15) is 34.6 Å². The lowest BCUT2D eigenvalue weighted by Crippen LogP contribution is -2.60. The summed E-state index contributed by atoms with van der Waals surface area (Å²) in [5.74, 6) is -0.299. The zero-order valence-corrected chi connectivity index (χ0v) is 11.4. The van der Waals surface area contributed by atoms with E-state index in [1.807, 2.05) is 0 Å². The van der Waals surface area contributed by atoms with Crippen LogP contribution in [0.2, 0.25) is 0 Å². The highest BCUT2D eigenvalue weighted by molar-refractivity contribution is 5.89. The lowest BCUT2D eigenvalue weighted by Gasteiger charge is -2.34. The summed E-state index contributed by atoms with van der Waals surface area (Å²) in [4.78, 5) is 34.6. The van der Waals surface area contributed by atoms with E-state index in [0.717, 1.165) is 5.01 Å². The summed E-state index contributed by atoms with van der Waals surface area (Å²) in [5, 5.41) is 0.830. The molecule has 0 aromatic heterocycles. The lowest BCUT2D eigenvalue weighted by atomic mass is 10.0. The van der Waals surface area contributed by atoms with Gasteiger partial charge in [-0.25, -0.2) is 20.0 Å². The molecule has 0 saturated carbocycles. The van der Waals surface area contributed by atoms with Crippen LogP contribution in [-0.2, 0) is 14.3 Å². The van der Waals surface area contributed by atoms with E-state index in [1.54, 1.807) is 13.8 Å². The Kier molecular flexibility index (Phi) is 6.15. The van der Waals surface area contributed by atoms with Gasteiger partial charge >= 0.3 is 12.2 Å². The Morgan fingerprint density at radius 1 is 1.11 bits per heavy atom. The molecule has 0 saturated heterocycles. The number of carbonyl (C=O) groups excluding carboxylic acids is 3. The summed E-state index contributed by atoms with van der Waals surface area (Å²) in [5.41, 5.74) is 0.978. The number of hydrogen-bond donors (Lipinski definition) is 1. The molecular formula is C11H20N2O5. The summed E-state index contributed by atoms with van der Waals surface area (Å²) in [6, 6.07) is 0. The van der Waals surface area contributed by atoms with Crippen LogP contribution in [0.3, 0.4) is 0 Å². The van der Waals surface area contributed by atoms with Gasteiger partial charge in [-0.15, -0.1) is 0 Å². The van der Waals surface area contributed by atoms with Gasteiger partial charge in [-0.1, -0.05) is 0 Å². The van der Waals surface area contributed by atoms with Crippen LogP contribution < -0.4 is 5.43 Å². The Labute approximate surface area is 106 Å². The quantitative estimate of drug-likeness (QED) is 0.774. The molecule has 0 fully saturated rings. The first kappa shape index (κ1) is 16.2. The van der Waals surface area contributed by atoms with Gasteiger partial charge < -0.3 is 9.47 Å². The maximum atomic E-state index is 11.7. The van der Waals surface area contributed by atoms with E-state index in [0.29, 0.717) is 0 Å². The van der Waals surface area contributed by atoms with Crippen molar-refractivity contribution in [1.82, 2.24) is 10.4 Å². The highest BCUT2D eigenvalue weighted by Crippen LogP contribution is 2.15. The van der Waals surface area contributed by atoms with Crippen molar-refractivity contribution in [2.45, 2.75) is 40.2 Å². The maximum Gasteiger partial charge on any atom is 0.429 e. The van der Waals surface area contributed by atoms with Gasteiger partial charge in [-0.3, -0.25) is 4.79 Å². The van der Waals surface area contributed by atoms with Gasteiger partial charge in [0, 0.05) is 0 Å². The van der Waals surface area contributed by atoms with Crippen molar-refractivity contribution >= 4 is 18.0 Å². The molecule has 0 radical (unpaired) electrons. The molecule has 0 atom stereocenters. The highest BCUT2D eigenvalue weighted by Gasteiger charge is 2.38. The van der Waals surface area contributed by atoms with Gasteiger partial charge in [-0.2, -0.15) is 0 Å². The molecule has 0 rings (SSSR count). The van der Waals surface area contributed by atoms with E-state index in [2.05, 4.69) is 10.2 Å². The van der Waals surface area contributed by atoms with Gasteiger partial charge in [-0.05, 0) is 34.6 Å². The van der Waals surface area contributed by atoms with Crippen molar-refractivity contribution in [3.63, 3.8) is 0 Å². The first-order valence-corrected chi connectivity index (χ1v) is 5.68. The standard InChI is InChI=1S/C11H20N2O5/c1-6-17-9(15)12-13(10(16)18-7-2)11(4,5)8(3)14/h6-7H2,1-5H3,(H,12,15). The maximum absolute atomic E-state index is 11.7. The van der Waals surface area contributed by atoms with Gasteiger partial charge in [0.2, 0.25) is 0 Å². The van der Waals surface area contributed by atoms with Crippen molar-refractivity contribution in [2.75, 3.05) is 13.2 Å². The van der Waals surface area contributed by atoms with Gasteiger partial charge in [0.05, 0.1) is 13.2 Å². The van der Waals surface area contributed by atoms with Gasteiger partial charge in [0.25, 0.3) is 0 Å². The summed E-state index contributed by atoms with van der Waals surface area (Å²) in [6.45, 7) is 7.86. The SMILES string of the molecule is CCOC(=O)NN(C(=O)OCC)C(C)(C)C(C)=O. The Morgan fingerprint density at radius 2 is 1.61 bits per heavy atom. The normalized spacial score (nSPS) is 10.5. The minimum atomic E-state index is -1.22. The van der Waals surface area contributed by atoms with Crippen molar-refractivity contribution in [3.8, 4) is 0 Å². The van der Waals surface area contributed by atoms with E-state index in [4.69, 9.17) is 4.74 Å². The topological polar surface area (TPSA) is 84.9 Å².